The largest absolute Gasteiger partial charge is 0.496 e. The smallest absolute Gasteiger partial charge is 0.346 e. The summed E-state index contributed by atoms with van der Waals surface area (Å²) in [6, 6.07) is 8.66. The molecule has 0 saturated carbocycles. The van der Waals surface area contributed by atoms with Gasteiger partial charge in [-0.1, -0.05) is 22.0 Å². The maximum atomic E-state index is 12.5. The van der Waals surface area contributed by atoms with Gasteiger partial charge in [0.25, 0.3) is 0 Å². The van der Waals surface area contributed by atoms with Crippen molar-refractivity contribution in [2.45, 2.75) is 6.61 Å². The lowest BCUT2D eigenvalue weighted by molar-refractivity contribution is 0.0464. The number of rotatable bonds is 5. The Morgan fingerprint density at radius 1 is 1.12 bits per heavy atom. The highest BCUT2D eigenvalue weighted by Crippen LogP contribution is 2.37. The summed E-state index contributed by atoms with van der Waals surface area (Å²) in [5.41, 5.74) is 1.01. The second kappa shape index (κ2) is 7.00. The van der Waals surface area contributed by atoms with Crippen molar-refractivity contribution in [2.75, 3.05) is 21.0 Å². The lowest BCUT2D eigenvalue weighted by atomic mass is 10.1. The summed E-state index contributed by atoms with van der Waals surface area (Å²) in [4.78, 5) is 12.5. The van der Waals surface area contributed by atoms with Crippen molar-refractivity contribution in [1.29, 1.82) is 0 Å². The maximum absolute atomic E-state index is 12.5. The van der Waals surface area contributed by atoms with Gasteiger partial charge in [0.05, 0.1) is 14.2 Å². The zero-order chi connectivity index (χ0) is 17.1. The van der Waals surface area contributed by atoms with Crippen LogP contribution in [-0.4, -0.2) is 27.0 Å². The topological polar surface area (TPSA) is 63.2 Å². The van der Waals surface area contributed by atoms with E-state index >= 15 is 0 Å². The van der Waals surface area contributed by atoms with Crippen LogP contribution in [0.4, 0.5) is 0 Å². The highest BCUT2D eigenvalue weighted by atomic mass is 79.9. The normalized spacial score (nSPS) is 12.0. The number of halogens is 1. The molecule has 0 aromatic heterocycles. The summed E-state index contributed by atoms with van der Waals surface area (Å²) in [5.74, 6) is 1.53. The summed E-state index contributed by atoms with van der Waals surface area (Å²) in [5, 5.41) is 0. The number of hydrogen-bond acceptors (Lipinski definition) is 6. The van der Waals surface area contributed by atoms with Crippen molar-refractivity contribution >= 4 is 21.9 Å². The van der Waals surface area contributed by atoms with E-state index in [1.165, 1.54) is 14.2 Å². The molecule has 24 heavy (non-hydrogen) atoms. The van der Waals surface area contributed by atoms with Crippen molar-refractivity contribution in [3.8, 4) is 23.0 Å². The Labute approximate surface area is 147 Å². The zero-order valence-electron chi connectivity index (χ0n) is 13.1. The Morgan fingerprint density at radius 3 is 2.38 bits per heavy atom. The first kappa shape index (κ1) is 16.4. The number of benzene rings is 2. The van der Waals surface area contributed by atoms with Crippen LogP contribution in [0.2, 0.25) is 0 Å². The predicted molar refractivity (Wildman–Crippen MR) is 88.9 cm³/mol. The van der Waals surface area contributed by atoms with Crippen LogP contribution in [-0.2, 0) is 11.3 Å². The van der Waals surface area contributed by atoms with E-state index < -0.39 is 5.97 Å². The lowest BCUT2D eigenvalue weighted by Crippen LogP contribution is -2.09. The standard InChI is InChI=1S/C17H15BrO6/c1-20-12-4-3-5-13(21-2)16(12)17(19)22-8-10-6-14-15(7-11(10)18)24-9-23-14/h3-7H,8-9H2,1-2H3. The number of ether oxygens (including phenoxy) is 5. The molecule has 3 rings (SSSR count). The fourth-order valence-corrected chi connectivity index (χ4v) is 2.77. The number of carbonyl (C=O) groups is 1. The molecule has 0 bridgehead atoms. The lowest BCUT2D eigenvalue weighted by Gasteiger charge is -2.13. The van der Waals surface area contributed by atoms with Gasteiger partial charge in [0.1, 0.15) is 23.7 Å². The van der Waals surface area contributed by atoms with Crippen LogP contribution in [0.15, 0.2) is 34.8 Å². The van der Waals surface area contributed by atoms with Crippen molar-refractivity contribution < 1.29 is 28.5 Å². The maximum Gasteiger partial charge on any atom is 0.346 e. The van der Waals surface area contributed by atoms with E-state index in [4.69, 9.17) is 23.7 Å². The Bertz CT molecular complexity index is 752. The SMILES string of the molecule is COc1cccc(OC)c1C(=O)OCc1cc2c(cc1Br)OCO2. The fourth-order valence-electron chi connectivity index (χ4n) is 2.34. The van der Waals surface area contributed by atoms with E-state index in [-0.39, 0.29) is 19.0 Å². The zero-order valence-corrected chi connectivity index (χ0v) is 14.7. The van der Waals surface area contributed by atoms with E-state index in [1.807, 2.05) is 0 Å². The molecule has 0 spiro atoms. The minimum atomic E-state index is -0.533. The molecule has 1 heterocycles. The van der Waals surface area contributed by atoms with Gasteiger partial charge in [-0.15, -0.1) is 0 Å². The molecule has 0 amide bonds. The third-order valence-electron chi connectivity index (χ3n) is 3.53. The molecule has 0 N–H and O–H groups in total. The average Bonchev–Trinajstić information content (AvgIpc) is 3.05. The molecule has 0 radical (unpaired) electrons. The van der Waals surface area contributed by atoms with Gasteiger partial charge in [0, 0.05) is 10.0 Å². The molecule has 0 unspecified atom stereocenters. The quantitative estimate of drug-likeness (QED) is 0.722. The minimum absolute atomic E-state index is 0.0667. The number of esters is 1. The molecule has 1 aliphatic rings. The van der Waals surface area contributed by atoms with Gasteiger partial charge in [0.15, 0.2) is 11.5 Å². The van der Waals surface area contributed by atoms with E-state index in [0.717, 1.165) is 10.0 Å². The molecule has 126 valence electrons. The van der Waals surface area contributed by atoms with Gasteiger partial charge < -0.3 is 23.7 Å². The summed E-state index contributed by atoms with van der Waals surface area (Å²) >= 11 is 3.44. The first-order chi connectivity index (χ1) is 11.6. The molecule has 6 nitrogen and oxygen atoms in total. The Balaban J connectivity index is 1.80. The van der Waals surface area contributed by atoms with E-state index in [0.29, 0.717) is 23.0 Å². The monoisotopic (exact) mass is 394 g/mol. The predicted octanol–water partition coefficient (Wildman–Crippen LogP) is 3.55. The molecule has 7 heteroatoms. The van der Waals surface area contributed by atoms with E-state index in [9.17, 15) is 4.79 Å². The van der Waals surface area contributed by atoms with Crippen LogP contribution in [0.1, 0.15) is 15.9 Å². The Hall–Kier alpha value is -2.41. The summed E-state index contributed by atoms with van der Waals surface area (Å²) in [6.07, 6.45) is 0. The van der Waals surface area contributed by atoms with Gasteiger partial charge in [-0.25, -0.2) is 4.79 Å². The highest BCUT2D eigenvalue weighted by molar-refractivity contribution is 9.10. The first-order valence-electron chi connectivity index (χ1n) is 7.10. The number of methoxy groups -OCH3 is 2. The summed E-state index contributed by atoms with van der Waals surface area (Å²) < 4.78 is 27.3. The second-order valence-corrected chi connectivity index (χ2v) is 5.76. The molecule has 0 atom stereocenters. The van der Waals surface area contributed by atoms with Gasteiger partial charge in [0.2, 0.25) is 6.79 Å². The average molecular weight is 395 g/mol. The van der Waals surface area contributed by atoms with Crippen LogP contribution in [0.3, 0.4) is 0 Å². The first-order valence-corrected chi connectivity index (χ1v) is 7.89. The van der Waals surface area contributed by atoms with Crippen LogP contribution < -0.4 is 18.9 Å². The molecule has 1 aliphatic heterocycles. The van der Waals surface area contributed by atoms with Gasteiger partial charge >= 0.3 is 5.97 Å². The summed E-state index contributed by atoms with van der Waals surface area (Å²) in [6.45, 7) is 0.251. The second-order valence-electron chi connectivity index (χ2n) is 4.91. The third kappa shape index (κ3) is 3.12. The number of fused-ring (bicyclic) bond motifs is 1. The van der Waals surface area contributed by atoms with Crippen LogP contribution >= 0.6 is 15.9 Å². The molecule has 0 fully saturated rings. The number of hydrogen-bond donors (Lipinski definition) is 0. The molecule has 0 saturated heterocycles. The van der Waals surface area contributed by atoms with Crippen molar-refractivity contribution in [3.63, 3.8) is 0 Å². The van der Waals surface area contributed by atoms with E-state index in [2.05, 4.69) is 15.9 Å². The van der Waals surface area contributed by atoms with E-state index in [1.54, 1.807) is 30.3 Å². The molecular weight excluding hydrogens is 380 g/mol. The summed E-state index contributed by atoms with van der Waals surface area (Å²) in [7, 11) is 2.97. The van der Waals surface area contributed by atoms with Crippen molar-refractivity contribution in [2.24, 2.45) is 0 Å². The Kier molecular flexibility index (Phi) is 4.80. The van der Waals surface area contributed by atoms with Crippen LogP contribution in [0.25, 0.3) is 0 Å². The van der Waals surface area contributed by atoms with Crippen LogP contribution in [0, 0.1) is 0 Å². The number of carbonyl (C=O) groups excluding carboxylic acids is 1. The fraction of sp³-hybridized carbons (Fsp3) is 0.235. The molecule has 2 aromatic rings. The highest BCUT2D eigenvalue weighted by Gasteiger charge is 2.21. The molecule has 0 aliphatic carbocycles. The van der Waals surface area contributed by atoms with Crippen LogP contribution in [0.5, 0.6) is 23.0 Å². The van der Waals surface area contributed by atoms with Crippen molar-refractivity contribution in [1.82, 2.24) is 0 Å². The minimum Gasteiger partial charge on any atom is -0.496 e. The Morgan fingerprint density at radius 2 is 1.75 bits per heavy atom. The third-order valence-corrected chi connectivity index (χ3v) is 4.27. The van der Waals surface area contributed by atoms with Crippen molar-refractivity contribution in [3.05, 3.63) is 45.9 Å². The van der Waals surface area contributed by atoms with Gasteiger partial charge in [-0.05, 0) is 24.3 Å². The molecular formula is C17H15BrO6. The van der Waals surface area contributed by atoms with Gasteiger partial charge in [-0.3, -0.25) is 0 Å². The van der Waals surface area contributed by atoms with Gasteiger partial charge in [-0.2, -0.15) is 0 Å². The molecule has 2 aromatic carbocycles.